The van der Waals surface area contributed by atoms with Gasteiger partial charge in [-0.05, 0) is 62.1 Å². The summed E-state index contributed by atoms with van der Waals surface area (Å²) in [6, 6.07) is 12.6. The van der Waals surface area contributed by atoms with Crippen LogP contribution in [0.25, 0.3) is 21.9 Å². The quantitative estimate of drug-likeness (QED) is 0.304. The number of amides is 1. The zero-order chi connectivity index (χ0) is 25.4. The number of pyridine rings is 1. The third kappa shape index (κ3) is 4.93. The molecule has 1 aliphatic rings. The lowest BCUT2D eigenvalue weighted by Crippen LogP contribution is -2.40. The van der Waals surface area contributed by atoms with E-state index in [1.54, 1.807) is 18.2 Å². The van der Waals surface area contributed by atoms with Gasteiger partial charge in [0.1, 0.15) is 5.69 Å². The van der Waals surface area contributed by atoms with Crippen LogP contribution in [-0.4, -0.2) is 30.1 Å². The van der Waals surface area contributed by atoms with Gasteiger partial charge in [0.25, 0.3) is 5.91 Å². The number of rotatable bonds is 5. The van der Waals surface area contributed by atoms with Gasteiger partial charge in [-0.25, -0.2) is 4.98 Å². The Kier molecular flexibility index (Phi) is 6.42. The third-order valence-corrected chi connectivity index (χ3v) is 6.67. The Bertz CT molecular complexity index is 1430. The first-order valence-corrected chi connectivity index (χ1v) is 11.9. The molecular formula is C26H23ClF3N3O3. The van der Waals surface area contributed by atoms with Gasteiger partial charge in [0.15, 0.2) is 17.1 Å². The molecule has 4 aromatic rings. The van der Waals surface area contributed by atoms with Crippen molar-refractivity contribution in [3.8, 4) is 5.75 Å². The lowest BCUT2D eigenvalue weighted by Gasteiger charge is -2.30. The number of para-hydroxylation sites is 1. The van der Waals surface area contributed by atoms with E-state index in [-0.39, 0.29) is 29.3 Å². The van der Waals surface area contributed by atoms with Gasteiger partial charge in [0, 0.05) is 33.6 Å². The molecule has 36 heavy (non-hydrogen) atoms. The Morgan fingerprint density at radius 2 is 1.83 bits per heavy atom. The Balaban J connectivity index is 1.26. The van der Waals surface area contributed by atoms with Crippen molar-refractivity contribution in [2.24, 2.45) is 0 Å². The van der Waals surface area contributed by atoms with Gasteiger partial charge in [0.05, 0.1) is 12.6 Å². The van der Waals surface area contributed by atoms with Crippen LogP contribution < -0.4 is 15.4 Å². The molecule has 0 radical (unpaired) electrons. The summed E-state index contributed by atoms with van der Waals surface area (Å²) in [6.07, 6.45) is -1.88. The monoisotopic (exact) mass is 517 g/mol. The molecule has 1 fully saturated rings. The van der Waals surface area contributed by atoms with E-state index >= 15 is 0 Å². The van der Waals surface area contributed by atoms with Crippen molar-refractivity contribution in [2.45, 2.75) is 43.9 Å². The van der Waals surface area contributed by atoms with E-state index in [2.05, 4.69) is 15.6 Å². The highest BCUT2D eigenvalue weighted by molar-refractivity contribution is 6.31. The normalized spacial score (nSPS) is 18.4. The second kappa shape index (κ2) is 9.54. The number of carbonyl (C=O) groups excluding carboxylic acids is 1. The molecule has 10 heteroatoms. The molecule has 0 aliphatic heterocycles. The highest BCUT2D eigenvalue weighted by Gasteiger charge is 2.34. The molecule has 5 rings (SSSR count). The summed E-state index contributed by atoms with van der Waals surface area (Å²) in [4.78, 5) is 16.5. The topological polar surface area (TPSA) is 76.4 Å². The van der Waals surface area contributed by atoms with Gasteiger partial charge in [0.2, 0.25) is 0 Å². The van der Waals surface area contributed by atoms with E-state index in [1.807, 2.05) is 12.1 Å². The molecule has 1 amide bonds. The number of fused-ring (bicyclic) bond motifs is 2. The number of hydrogen-bond acceptors (Lipinski definition) is 5. The van der Waals surface area contributed by atoms with Gasteiger partial charge in [-0.2, -0.15) is 13.2 Å². The maximum atomic E-state index is 13.4. The minimum absolute atomic E-state index is 0.0562. The number of nitrogens with zero attached hydrogens (tertiary/aromatic N) is 1. The van der Waals surface area contributed by atoms with E-state index in [0.29, 0.717) is 53.1 Å². The van der Waals surface area contributed by atoms with Crippen LogP contribution in [0.2, 0.25) is 5.02 Å². The smallest absolute Gasteiger partial charge is 0.433 e. The number of hydrogen-bond donors (Lipinski definition) is 2. The lowest BCUT2D eigenvalue weighted by molar-refractivity contribution is -0.140. The number of ether oxygens (including phenoxy) is 1. The van der Waals surface area contributed by atoms with Crippen LogP contribution >= 0.6 is 11.6 Å². The highest BCUT2D eigenvalue weighted by atomic mass is 35.5. The number of halogens is 4. The van der Waals surface area contributed by atoms with E-state index in [4.69, 9.17) is 20.8 Å². The molecule has 2 N–H and O–H groups in total. The number of aromatic nitrogens is 1. The molecular weight excluding hydrogens is 495 g/mol. The van der Waals surface area contributed by atoms with Crippen LogP contribution in [-0.2, 0) is 6.18 Å². The second-order valence-corrected chi connectivity index (χ2v) is 9.31. The summed E-state index contributed by atoms with van der Waals surface area (Å²) in [6.45, 7) is 0. The molecule has 1 saturated carbocycles. The summed E-state index contributed by atoms with van der Waals surface area (Å²) < 4.78 is 51.2. The molecule has 2 aromatic heterocycles. The fraction of sp³-hybridized carbons (Fsp3) is 0.308. The van der Waals surface area contributed by atoms with E-state index in [1.165, 1.54) is 19.2 Å². The van der Waals surface area contributed by atoms with Crippen molar-refractivity contribution in [1.29, 1.82) is 0 Å². The van der Waals surface area contributed by atoms with Gasteiger partial charge in [-0.3, -0.25) is 4.79 Å². The van der Waals surface area contributed by atoms with Gasteiger partial charge in [-0.1, -0.05) is 23.7 Å². The molecule has 0 atom stereocenters. The minimum Gasteiger partial charge on any atom is -0.493 e. The molecule has 2 aromatic carbocycles. The largest absolute Gasteiger partial charge is 0.493 e. The van der Waals surface area contributed by atoms with Crippen molar-refractivity contribution in [3.05, 3.63) is 65.0 Å². The Hall–Kier alpha value is -3.46. The number of carbonyl (C=O) groups is 1. The molecule has 0 bridgehead atoms. The number of nitrogens with one attached hydrogen (secondary N) is 2. The molecule has 0 unspecified atom stereocenters. The number of anilines is 1. The lowest BCUT2D eigenvalue weighted by atomic mass is 9.90. The first-order chi connectivity index (χ1) is 17.2. The van der Waals surface area contributed by atoms with E-state index in [0.717, 1.165) is 11.5 Å². The summed E-state index contributed by atoms with van der Waals surface area (Å²) in [5, 5.41) is 7.99. The molecule has 188 valence electrons. The number of alkyl halides is 3. The van der Waals surface area contributed by atoms with Gasteiger partial charge < -0.3 is 19.8 Å². The van der Waals surface area contributed by atoms with Crippen molar-refractivity contribution in [2.75, 3.05) is 12.4 Å². The minimum atomic E-state index is -4.56. The summed E-state index contributed by atoms with van der Waals surface area (Å²) in [5.41, 5.74) is 0.128. The zero-order valence-corrected chi connectivity index (χ0v) is 20.0. The average molecular weight is 518 g/mol. The van der Waals surface area contributed by atoms with Gasteiger partial charge in [-0.15, -0.1) is 0 Å². The highest BCUT2D eigenvalue weighted by Crippen LogP contribution is 2.35. The van der Waals surface area contributed by atoms with Crippen molar-refractivity contribution in [1.82, 2.24) is 10.3 Å². The van der Waals surface area contributed by atoms with Gasteiger partial charge >= 0.3 is 6.18 Å². The van der Waals surface area contributed by atoms with Crippen molar-refractivity contribution < 1.29 is 27.1 Å². The van der Waals surface area contributed by atoms with Crippen LogP contribution in [0.15, 0.2) is 52.9 Å². The molecule has 0 saturated heterocycles. The maximum Gasteiger partial charge on any atom is 0.433 e. The Morgan fingerprint density at radius 3 is 2.56 bits per heavy atom. The second-order valence-electron chi connectivity index (χ2n) is 8.87. The number of methoxy groups -OCH3 is 1. The van der Waals surface area contributed by atoms with Crippen LogP contribution in [0, 0.1) is 0 Å². The van der Waals surface area contributed by atoms with Crippen molar-refractivity contribution in [3.63, 3.8) is 0 Å². The van der Waals surface area contributed by atoms with Crippen LogP contribution in [0.4, 0.5) is 18.9 Å². The van der Waals surface area contributed by atoms with Crippen LogP contribution in [0.3, 0.4) is 0 Å². The van der Waals surface area contributed by atoms with Crippen LogP contribution in [0.1, 0.15) is 41.9 Å². The number of benzene rings is 2. The van der Waals surface area contributed by atoms with E-state index in [9.17, 15) is 18.0 Å². The van der Waals surface area contributed by atoms with Crippen molar-refractivity contribution >= 4 is 45.1 Å². The Labute approximate surface area is 209 Å². The average Bonchev–Trinajstić information content (AvgIpc) is 3.29. The first kappa shape index (κ1) is 24.2. The first-order valence-electron chi connectivity index (χ1n) is 11.5. The third-order valence-electron chi connectivity index (χ3n) is 6.43. The van der Waals surface area contributed by atoms with E-state index < -0.39 is 11.9 Å². The molecule has 6 nitrogen and oxygen atoms in total. The maximum absolute atomic E-state index is 13.4. The SMILES string of the molecule is COc1cccc2cc(C(=O)N[C@H]3CC[C@@H](Nc4cc(C(F)(F)F)nc5ccc(Cl)cc45)CC3)oc12. The fourth-order valence-corrected chi connectivity index (χ4v) is 4.80. The molecule has 0 spiro atoms. The summed E-state index contributed by atoms with van der Waals surface area (Å²) in [5.74, 6) is 0.445. The predicted molar refractivity (Wildman–Crippen MR) is 132 cm³/mol. The standard InChI is InChI=1S/C26H23ClF3N3O3/c1-35-21-4-2-3-14-11-22(36-24(14)21)25(34)32-17-8-6-16(7-9-17)31-20-13-23(26(28,29)30)33-19-10-5-15(27)12-18(19)20/h2-5,10-13,16-17H,6-9H2,1H3,(H,31,33)(H,32,34)/t16-,17+. The zero-order valence-electron chi connectivity index (χ0n) is 19.3. The molecule has 2 heterocycles. The summed E-state index contributed by atoms with van der Waals surface area (Å²) >= 11 is 6.09. The predicted octanol–water partition coefficient (Wildman–Crippen LogP) is 6.81. The Morgan fingerprint density at radius 1 is 1.08 bits per heavy atom. The van der Waals surface area contributed by atoms with Crippen LogP contribution in [0.5, 0.6) is 5.75 Å². The molecule has 1 aliphatic carbocycles. The summed E-state index contributed by atoms with van der Waals surface area (Å²) in [7, 11) is 1.54. The number of furan rings is 1. The fourth-order valence-electron chi connectivity index (χ4n) is 4.63.